The van der Waals surface area contributed by atoms with E-state index in [-0.39, 0.29) is 12.1 Å². The molecule has 0 aliphatic rings. The van der Waals surface area contributed by atoms with Gasteiger partial charge in [-0.25, -0.2) is 4.98 Å². The number of hydrogen-bond acceptors (Lipinski definition) is 4. The van der Waals surface area contributed by atoms with Crippen molar-refractivity contribution in [3.63, 3.8) is 0 Å². The molecule has 0 bridgehead atoms. The van der Waals surface area contributed by atoms with E-state index in [1.807, 2.05) is 33.2 Å². The maximum absolute atomic E-state index is 5.94. The molecule has 19 heavy (non-hydrogen) atoms. The Labute approximate surface area is 117 Å². The number of pyridine rings is 1. The molecule has 0 aromatic carbocycles. The molecule has 0 spiro atoms. The molecule has 0 saturated carbocycles. The van der Waals surface area contributed by atoms with Gasteiger partial charge in [-0.2, -0.15) is 0 Å². The Morgan fingerprint density at radius 1 is 1.37 bits per heavy atom. The predicted octanol–water partition coefficient (Wildman–Crippen LogP) is 2.22. The number of ether oxygens (including phenoxy) is 1. The second kappa shape index (κ2) is 8.12. The first-order valence-corrected chi connectivity index (χ1v) is 7.06. The van der Waals surface area contributed by atoms with E-state index in [1.54, 1.807) is 0 Å². The molecular weight excluding hydrogens is 238 g/mol. The highest BCUT2D eigenvalue weighted by Crippen LogP contribution is 2.11. The normalized spacial score (nSPS) is 12.7. The van der Waals surface area contributed by atoms with Crippen molar-refractivity contribution in [1.29, 1.82) is 0 Å². The molecule has 1 rings (SSSR count). The van der Waals surface area contributed by atoms with Crippen molar-refractivity contribution in [3.8, 4) is 0 Å². The van der Waals surface area contributed by atoms with Crippen LogP contribution in [-0.2, 0) is 11.2 Å². The molecule has 108 valence electrons. The lowest BCUT2D eigenvalue weighted by atomic mass is 10.1. The molecule has 1 atom stereocenters. The van der Waals surface area contributed by atoms with Gasteiger partial charge in [-0.15, -0.1) is 0 Å². The number of nitrogens with zero attached hydrogens (tertiary/aromatic N) is 2. The zero-order valence-electron chi connectivity index (χ0n) is 12.6. The van der Waals surface area contributed by atoms with Gasteiger partial charge < -0.3 is 15.4 Å². The van der Waals surface area contributed by atoms with E-state index >= 15 is 0 Å². The molecule has 0 aliphatic carbocycles. The molecule has 4 nitrogen and oxygen atoms in total. The van der Waals surface area contributed by atoms with Crippen LogP contribution in [0.3, 0.4) is 0 Å². The Kier molecular flexibility index (Phi) is 6.81. The largest absolute Gasteiger partial charge is 0.377 e. The number of aromatic nitrogens is 1. The molecule has 1 aromatic heterocycles. The number of hydrogen-bond donors (Lipinski definition) is 1. The lowest BCUT2D eigenvalue weighted by Gasteiger charge is -2.19. The van der Waals surface area contributed by atoms with E-state index in [2.05, 4.69) is 22.9 Å². The molecule has 1 unspecified atom stereocenters. The minimum Gasteiger partial charge on any atom is -0.377 e. The van der Waals surface area contributed by atoms with Crippen LogP contribution >= 0.6 is 0 Å². The van der Waals surface area contributed by atoms with Gasteiger partial charge in [0.25, 0.3) is 0 Å². The summed E-state index contributed by atoms with van der Waals surface area (Å²) in [5.74, 6) is 0.973. The summed E-state index contributed by atoms with van der Waals surface area (Å²) < 4.78 is 5.54. The summed E-state index contributed by atoms with van der Waals surface area (Å²) in [6.07, 6.45) is 4.09. The van der Waals surface area contributed by atoms with Crippen LogP contribution < -0.4 is 10.6 Å². The van der Waals surface area contributed by atoms with E-state index in [0.29, 0.717) is 0 Å². The first kappa shape index (κ1) is 15.9. The standard InChI is InChI=1S/C15H27N3O/c1-5-14(16)10-13-6-7-15(17-11-13)18(4)8-9-19-12(2)3/h6-7,11-12,14H,5,8-10,16H2,1-4H3. The summed E-state index contributed by atoms with van der Waals surface area (Å²) in [4.78, 5) is 6.58. The van der Waals surface area contributed by atoms with Gasteiger partial charge in [0.15, 0.2) is 0 Å². The average Bonchev–Trinajstić information content (AvgIpc) is 2.38. The van der Waals surface area contributed by atoms with Crippen LogP contribution in [0.1, 0.15) is 32.8 Å². The third-order valence-corrected chi connectivity index (χ3v) is 3.10. The fourth-order valence-corrected chi connectivity index (χ4v) is 1.75. The molecular formula is C15H27N3O. The van der Waals surface area contributed by atoms with Gasteiger partial charge >= 0.3 is 0 Å². The SMILES string of the molecule is CCC(N)Cc1ccc(N(C)CCOC(C)C)nc1. The monoisotopic (exact) mass is 265 g/mol. The van der Waals surface area contributed by atoms with Gasteiger partial charge in [-0.05, 0) is 38.3 Å². The van der Waals surface area contributed by atoms with E-state index < -0.39 is 0 Å². The van der Waals surface area contributed by atoms with Crippen LogP contribution in [0.2, 0.25) is 0 Å². The Balaban J connectivity index is 2.46. The van der Waals surface area contributed by atoms with Gasteiger partial charge in [-0.1, -0.05) is 13.0 Å². The van der Waals surface area contributed by atoms with Crippen molar-refractivity contribution in [2.75, 3.05) is 25.1 Å². The number of nitrogens with two attached hydrogens (primary N) is 1. The van der Waals surface area contributed by atoms with Crippen LogP contribution in [0.4, 0.5) is 5.82 Å². The molecule has 0 amide bonds. The Morgan fingerprint density at radius 2 is 2.11 bits per heavy atom. The first-order valence-electron chi connectivity index (χ1n) is 7.06. The Morgan fingerprint density at radius 3 is 2.63 bits per heavy atom. The maximum atomic E-state index is 5.94. The zero-order valence-corrected chi connectivity index (χ0v) is 12.6. The van der Waals surface area contributed by atoms with Gasteiger partial charge in [0.05, 0.1) is 12.7 Å². The second-order valence-corrected chi connectivity index (χ2v) is 5.24. The smallest absolute Gasteiger partial charge is 0.128 e. The minimum atomic E-state index is 0.227. The highest BCUT2D eigenvalue weighted by Gasteiger charge is 2.05. The quantitative estimate of drug-likeness (QED) is 0.783. The third kappa shape index (κ3) is 6.03. The fraction of sp³-hybridized carbons (Fsp3) is 0.667. The fourth-order valence-electron chi connectivity index (χ4n) is 1.75. The van der Waals surface area contributed by atoms with Gasteiger partial charge in [0, 0.05) is 25.8 Å². The van der Waals surface area contributed by atoms with Crippen LogP contribution in [0.15, 0.2) is 18.3 Å². The highest BCUT2D eigenvalue weighted by atomic mass is 16.5. The minimum absolute atomic E-state index is 0.227. The van der Waals surface area contributed by atoms with Crippen molar-refractivity contribution < 1.29 is 4.74 Å². The van der Waals surface area contributed by atoms with Gasteiger partial charge in [-0.3, -0.25) is 0 Å². The van der Waals surface area contributed by atoms with Crippen molar-refractivity contribution in [3.05, 3.63) is 23.9 Å². The van der Waals surface area contributed by atoms with E-state index in [9.17, 15) is 0 Å². The summed E-state index contributed by atoms with van der Waals surface area (Å²) >= 11 is 0. The van der Waals surface area contributed by atoms with E-state index in [4.69, 9.17) is 10.5 Å². The summed E-state index contributed by atoms with van der Waals surface area (Å²) in [7, 11) is 2.03. The Bertz CT molecular complexity index is 351. The van der Waals surface area contributed by atoms with E-state index in [0.717, 1.165) is 31.8 Å². The van der Waals surface area contributed by atoms with Crippen LogP contribution in [0.25, 0.3) is 0 Å². The molecule has 0 aliphatic heterocycles. The summed E-state index contributed by atoms with van der Waals surface area (Å²) in [6.45, 7) is 7.76. The molecule has 1 aromatic rings. The first-order chi connectivity index (χ1) is 9.02. The van der Waals surface area contributed by atoms with Crippen molar-refractivity contribution in [1.82, 2.24) is 4.98 Å². The second-order valence-electron chi connectivity index (χ2n) is 5.24. The molecule has 1 heterocycles. The number of likely N-dealkylation sites (N-methyl/N-ethyl adjacent to an activating group) is 1. The van der Waals surface area contributed by atoms with E-state index in [1.165, 1.54) is 5.56 Å². The van der Waals surface area contributed by atoms with Crippen molar-refractivity contribution in [2.45, 2.75) is 45.8 Å². The average molecular weight is 265 g/mol. The number of anilines is 1. The number of rotatable bonds is 8. The summed E-state index contributed by atoms with van der Waals surface area (Å²) in [5, 5.41) is 0. The molecule has 0 saturated heterocycles. The zero-order chi connectivity index (χ0) is 14.3. The maximum Gasteiger partial charge on any atom is 0.128 e. The third-order valence-electron chi connectivity index (χ3n) is 3.10. The van der Waals surface area contributed by atoms with Crippen molar-refractivity contribution in [2.24, 2.45) is 5.73 Å². The molecule has 2 N–H and O–H groups in total. The summed E-state index contributed by atoms with van der Waals surface area (Å²) in [5.41, 5.74) is 7.14. The highest BCUT2D eigenvalue weighted by molar-refractivity contribution is 5.38. The van der Waals surface area contributed by atoms with Gasteiger partial charge in [0.1, 0.15) is 5.82 Å². The molecule has 0 fully saturated rings. The predicted molar refractivity (Wildman–Crippen MR) is 80.6 cm³/mol. The molecule has 0 radical (unpaired) electrons. The molecule has 4 heteroatoms. The lowest BCUT2D eigenvalue weighted by molar-refractivity contribution is 0.0845. The lowest BCUT2D eigenvalue weighted by Crippen LogP contribution is -2.25. The summed E-state index contributed by atoms with van der Waals surface area (Å²) in [6, 6.07) is 4.38. The topological polar surface area (TPSA) is 51.4 Å². The Hall–Kier alpha value is -1.13. The van der Waals surface area contributed by atoms with Crippen LogP contribution in [0, 0.1) is 0 Å². The van der Waals surface area contributed by atoms with Crippen molar-refractivity contribution >= 4 is 5.82 Å². The van der Waals surface area contributed by atoms with Gasteiger partial charge in [0.2, 0.25) is 0 Å². The van der Waals surface area contributed by atoms with Crippen LogP contribution in [0.5, 0.6) is 0 Å². The van der Waals surface area contributed by atoms with Crippen LogP contribution in [-0.4, -0.2) is 37.3 Å².